The summed E-state index contributed by atoms with van der Waals surface area (Å²) >= 11 is 0. The Hall–Kier alpha value is -2.74. The molecule has 2 fully saturated rings. The first-order chi connectivity index (χ1) is 16.2. The maximum Gasteiger partial charge on any atom is 0.319 e. The van der Waals surface area contributed by atoms with Crippen LogP contribution < -0.4 is 0 Å². The Morgan fingerprint density at radius 3 is 2.03 bits per heavy atom. The second kappa shape index (κ2) is 9.13. The maximum absolute atomic E-state index is 13.6. The lowest BCUT2D eigenvalue weighted by molar-refractivity contribution is -0.516. The largest absolute Gasteiger partial charge is 0.465 e. The van der Waals surface area contributed by atoms with Crippen molar-refractivity contribution in [1.29, 1.82) is 0 Å². The number of rotatable bonds is 5. The van der Waals surface area contributed by atoms with Gasteiger partial charge in [-0.05, 0) is 31.9 Å². The van der Waals surface area contributed by atoms with Crippen LogP contribution in [0.2, 0.25) is 0 Å². The number of carbonyl (C=O) groups excluding carboxylic acids is 2. The average molecular weight is 468 g/mol. The van der Waals surface area contributed by atoms with E-state index >= 15 is 0 Å². The summed E-state index contributed by atoms with van der Waals surface area (Å²) < 4.78 is 5.50. The van der Waals surface area contributed by atoms with Crippen LogP contribution in [0.15, 0.2) is 48.5 Å². The molecule has 0 radical (unpaired) electrons. The maximum atomic E-state index is 13.6. The lowest BCUT2D eigenvalue weighted by Crippen LogP contribution is -2.70. The molecule has 2 aliphatic heterocycles. The third-order valence-electron chi connectivity index (χ3n) is 7.16. The Balaban J connectivity index is 1.90. The lowest BCUT2D eigenvalue weighted by atomic mass is 9.64. The van der Waals surface area contributed by atoms with E-state index < -0.39 is 22.8 Å². The van der Waals surface area contributed by atoms with Crippen molar-refractivity contribution in [2.45, 2.75) is 58.3 Å². The predicted molar refractivity (Wildman–Crippen MR) is 125 cm³/mol. The fraction of sp³-hybridized carbons (Fsp3) is 0.481. The zero-order valence-corrected chi connectivity index (χ0v) is 20.3. The van der Waals surface area contributed by atoms with Gasteiger partial charge in [0.15, 0.2) is 5.60 Å². The topological polar surface area (TPSA) is 85.3 Å². The summed E-state index contributed by atoms with van der Waals surface area (Å²) in [5, 5.41) is 11.6. The number of ether oxygens (including phenoxy) is 1. The van der Waals surface area contributed by atoms with Gasteiger partial charge in [0.25, 0.3) is 0 Å². The number of hydrogen-bond donors (Lipinski definition) is 1. The molecule has 0 spiro atoms. The van der Waals surface area contributed by atoms with E-state index in [1.165, 1.54) is 0 Å². The molecule has 2 atom stereocenters. The number of aliphatic hydroxyl groups is 1. The van der Waals surface area contributed by atoms with Gasteiger partial charge in [0, 0.05) is 32.4 Å². The van der Waals surface area contributed by atoms with Gasteiger partial charge >= 0.3 is 5.97 Å². The number of benzene rings is 2. The first-order valence-electron chi connectivity index (χ1n) is 11.9. The van der Waals surface area contributed by atoms with Crippen LogP contribution in [0.3, 0.4) is 0 Å². The Morgan fingerprint density at radius 1 is 0.971 bits per heavy atom. The first kappa shape index (κ1) is 24.4. The molecule has 0 bridgehead atoms. The summed E-state index contributed by atoms with van der Waals surface area (Å²) in [5.74, 6) is -2.62. The molecule has 182 valence electrons. The van der Waals surface area contributed by atoms with Gasteiger partial charge in [-0.3, -0.25) is 9.59 Å². The summed E-state index contributed by atoms with van der Waals surface area (Å²) in [7, 11) is 0. The quantitative estimate of drug-likeness (QED) is 0.532. The Labute approximate surface area is 200 Å². The molecule has 2 aromatic rings. The second-order valence-corrected chi connectivity index (χ2v) is 9.41. The molecule has 2 unspecified atom stereocenters. The van der Waals surface area contributed by atoms with Gasteiger partial charge in [0.2, 0.25) is 11.7 Å². The highest BCUT2D eigenvalue weighted by Gasteiger charge is 2.69. The van der Waals surface area contributed by atoms with Gasteiger partial charge in [-0.25, -0.2) is 4.89 Å². The number of carbonyl (C=O) groups is 2. The van der Waals surface area contributed by atoms with Crippen molar-refractivity contribution in [2.75, 3.05) is 19.7 Å². The van der Waals surface area contributed by atoms with Crippen LogP contribution in [0.25, 0.3) is 0 Å². The fourth-order valence-corrected chi connectivity index (χ4v) is 5.08. The molecular weight excluding hydrogens is 434 g/mol. The van der Waals surface area contributed by atoms with Crippen LogP contribution in [-0.2, 0) is 29.7 Å². The molecule has 7 heteroatoms. The molecule has 2 heterocycles. The molecule has 0 aliphatic carbocycles. The minimum Gasteiger partial charge on any atom is -0.465 e. The summed E-state index contributed by atoms with van der Waals surface area (Å²) in [5.41, 5.74) is 0.985. The molecule has 0 aromatic heterocycles. The van der Waals surface area contributed by atoms with Crippen molar-refractivity contribution >= 4 is 11.9 Å². The SMILES string of the molecule is CCOC(=O)C12CN(C(=O)CC)CCC1(O)OOC(c1ccc(C)cc1)(c1ccc(C)cc1)C2. The number of esters is 1. The van der Waals surface area contributed by atoms with Crippen LogP contribution in [0.5, 0.6) is 0 Å². The minimum absolute atomic E-state index is 0.0160. The molecule has 4 rings (SSSR count). The third-order valence-corrected chi connectivity index (χ3v) is 7.16. The van der Waals surface area contributed by atoms with Crippen molar-refractivity contribution in [3.63, 3.8) is 0 Å². The van der Waals surface area contributed by atoms with Crippen LogP contribution in [-0.4, -0.2) is 47.4 Å². The number of nitrogens with zero attached hydrogens (tertiary/aromatic N) is 1. The van der Waals surface area contributed by atoms with Gasteiger partial charge in [-0.15, -0.1) is 0 Å². The highest BCUT2D eigenvalue weighted by Crippen LogP contribution is 2.56. The van der Waals surface area contributed by atoms with Gasteiger partial charge in [0.05, 0.1) is 6.61 Å². The average Bonchev–Trinajstić information content (AvgIpc) is 2.84. The number of hydrogen-bond acceptors (Lipinski definition) is 6. The van der Waals surface area contributed by atoms with E-state index in [4.69, 9.17) is 14.5 Å². The van der Waals surface area contributed by atoms with Gasteiger partial charge in [-0.2, -0.15) is 4.89 Å². The molecule has 2 saturated heterocycles. The van der Waals surface area contributed by atoms with E-state index in [2.05, 4.69) is 0 Å². The number of aryl methyl sites for hydroxylation is 2. The Bertz CT molecular complexity index is 1000. The standard InChI is InChI=1S/C27H33NO6/c1-5-23(29)28-16-15-27(31)25(18-28,24(30)32-6-2)17-26(33-34-27,21-11-7-19(3)8-12-21)22-13-9-20(4)10-14-22/h7-14,31H,5-6,15-18H2,1-4H3. The normalized spacial score (nSPS) is 26.0. The van der Waals surface area contributed by atoms with E-state index in [-0.39, 0.29) is 38.4 Å². The predicted octanol–water partition coefficient (Wildman–Crippen LogP) is 3.78. The molecule has 2 aromatic carbocycles. The number of likely N-dealkylation sites (tertiary alicyclic amines) is 1. The molecule has 1 amide bonds. The molecule has 2 aliphatic rings. The van der Waals surface area contributed by atoms with Crippen molar-refractivity contribution < 1.29 is 29.2 Å². The molecule has 7 nitrogen and oxygen atoms in total. The molecule has 1 N–H and O–H groups in total. The highest BCUT2D eigenvalue weighted by atomic mass is 17.2. The summed E-state index contributed by atoms with van der Waals surface area (Å²) in [6.45, 7) is 7.88. The molecule has 34 heavy (non-hydrogen) atoms. The van der Waals surface area contributed by atoms with E-state index in [0.717, 1.165) is 22.3 Å². The van der Waals surface area contributed by atoms with E-state index in [1.54, 1.807) is 18.7 Å². The van der Waals surface area contributed by atoms with Gasteiger partial charge in [0.1, 0.15) is 5.41 Å². The lowest BCUT2D eigenvalue weighted by Gasteiger charge is -2.56. The number of fused-ring (bicyclic) bond motifs is 1. The van der Waals surface area contributed by atoms with Crippen LogP contribution in [0, 0.1) is 19.3 Å². The fourth-order valence-electron chi connectivity index (χ4n) is 5.08. The Morgan fingerprint density at radius 2 is 1.53 bits per heavy atom. The molecular formula is C27H33NO6. The first-order valence-corrected chi connectivity index (χ1v) is 11.9. The van der Waals surface area contributed by atoms with E-state index in [9.17, 15) is 14.7 Å². The summed E-state index contributed by atoms with van der Waals surface area (Å²) in [6.07, 6.45) is 0.389. The second-order valence-electron chi connectivity index (χ2n) is 9.41. The minimum atomic E-state index is -1.93. The van der Waals surface area contributed by atoms with Gasteiger partial charge in [-0.1, -0.05) is 66.6 Å². The van der Waals surface area contributed by atoms with Crippen LogP contribution >= 0.6 is 0 Å². The highest BCUT2D eigenvalue weighted by molar-refractivity contribution is 5.82. The molecule has 0 saturated carbocycles. The van der Waals surface area contributed by atoms with Crippen molar-refractivity contribution in [2.24, 2.45) is 5.41 Å². The summed E-state index contributed by atoms with van der Waals surface area (Å²) in [4.78, 5) is 39.8. The van der Waals surface area contributed by atoms with Crippen LogP contribution in [0.1, 0.15) is 55.4 Å². The summed E-state index contributed by atoms with van der Waals surface area (Å²) in [6, 6.07) is 15.7. The number of amides is 1. The smallest absolute Gasteiger partial charge is 0.319 e. The zero-order valence-electron chi connectivity index (χ0n) is 20.3. The van der Waals surface area contributed by atoms with Crippen LogP contribution in [0.4, 0.5) is 0 Å². The van der Waals surface area contributed by atoms with Gasteiger partial charge < -0.3 is 14.7 Å². The van der Waals surface area contributed by atoms with Crippen molar-refractivity contribution in [1.82, 2.24) is 4.90 Å². The zero-order chi connectivity index (χ0) is 24.6. The van der Waals surface area contributed by atoms with Crippen molar-refractivity contribution in [3.05, 3.63) is 70.8 Å². The van der Waals surface area contributed by atoms with E-state index in [0.29, 0.717) is 6.42 Å². The number of piperidine rings is 1. The third kappa shape index (κ3) is 3.91. The van der Waals surface area contributed by atoms with E-state index in [1.807, 2.05) is 62.4 Å². The Kier molecular flexibility index (Phi) is 6.55. The monoisotopic (exact) mass is 467 g/mol. The van der Waals surface area contributed by atoms with Crippen molar-refractivity contribution in [3.8, 4) is 0 Å².